The Hall–Kier alpha value is -2.32. The summed E-state index contributed by atoms with van der Waals surface area (Å²) in [5, 5.41) is 33.9. The van der Waals surface area contributed by atoms with Crippen molar-refractivity contribution in [3.63, 3.8) is 0 Å². The molecule has 0 aliphatic heterocycles. The third-order valence-electron chi connectivity index (χ3n) is 12.9. The molecule has 3 aromatic carbocycles. The van der Waals surface area contributed by atoms with E-state index in [9.17, 15) is 44.7 Å². The van der Waals surface area contributed by atoms with Crippen LogP contribution in [0.3, 0.4) is 0 Å². The van der Waals surface area contributed by atoms with E-state index >= 15 is 0 Å². The van der Waals surface area contributed by atoms with Crippen molar-refractivity contribution in [3.8, 4) is 17.2 Å². The molecule has 3 rings (SSSR count). The van der Waals surface area contributed by atoms with Gasteiger partial charge in [0.2, 0.25) is 0 Å². The summed E-state index contributed by atoms with van der Waals surface area (Å²) in [5.74, 6) is -1.72. The van der Waals surface area contributed by atoms with Crippen molar-refractivity contribution in [2.24, 2.45) is 0 Å². The molecule has 9 N–H and O–H groups in total. The summed E-state index contributed by atoms with van der Waals surface area (Å²) in [6.45, 7) is 25.5. The van der Waals surface area contributed by atoms with E-state index < -0.39 is 48.9 Å². The summed E-state index contributed by atoms with van der Waals surface area (Å²) < 4.78 is 0. The van der Waals surface area contributed by atoms with Crippen LogP contribution in [0, 0.1) is 20.8 Å². The molecule has 11 heteroatoms. The Balaban J connectivity index is 2.43. The van der Waals surface area contributed by atoms with Gasteiger partial charge >= 0.3 is 20.8 Å². The van der Waals surface area contributed by atoms with Gasteiger partial charge < -0.3 is 15.3 Å². The number of phenols is 3. The van der Waals surface area contributed by atoms with Crippen LogP contribution < -0.4 is 0 Å². The Morgan fingerprint density at radius 3 is 1.05 bits per heavy atom. The van der Waals surface area contributed by atoms with Crippen LogP contribution in [0.5, 0.6) is 17.2 Å². The summed E-state index contributed by atoms with van der Waals surface area (Å²) in [6.07, 6.45) is 10.6. The first kappa shape index (κ1) is 53.0. The van der Waals surface area contributed by atoms with Crippen LogP contribution >= 0.6 is 15.9 Å². The second-order valence-corrected chi connectivity index (χ2v) is 25.3. The van der Waals surface area contributed by atoms with Gasteiger partial charge in [-0.1, -0.05) is 152 Å². The summed E-state index contributed by atoms with van der Waals surface area (Å²) >= 11 is 0. The number of aryl methyl sites for hydroxylation is 3. The second-order valence-electron chi connectivity index (χ2n) is 21.1. The minimum atomic E-state index is -5.36. The van der Waals surface area contributed by atoms with E-state index in [4.69, 9.17) is 0 Å². The number of phenolic OH excluding ortho intramolecular Hbond substituents is 3. The van der Waals surface area contributed by atoms with Crippen molar-refractivity contribution in [2.75, 3.05) is 0 Å². The lowest BCUT2D eigenvalue weighted by atomic mass is 9.72. The highest BCUT2D eigenvalue weighted by Gasteiger charge is 2.81. The molecular weight excluding hydrogens is 806 g/mol. The molecule has 9 nitrogen and oxygen atoms in total. The average molecular weight is 889 g/mol. The number of benzene rings is 3. The fraction of sp³-hybridized carbons (Fsp3) is 0.640. The molecule has 1 unspecified atom stereocenters. The van der Waals surface area contributed by atoms with Crippen LogP contribution in [0.15, 0.2) is 36.4 Å². The van der Waals surface area contributed by atoms with E-state index in [2.05, 4.69) is 6.92 Å². The zero-order valence-electron chi connectivity index (χ0n) is 39.7. The molecule has 61 heavy (non-hydrogen) atoms. The molecule has 0 saturated heterocycles. The maximum atomic E-state index is 11.8. The molecule has 0 aromatic heterocycles. The Kier molecular flexibility index (Phi) is 18.0. The molecule has 0 aliphatic carbocycles. The fourth-order valence-corrected chi connectivity index (χ4v) is 13.1. The number of aromatic hydroxyl groups is 3. The summed E-state index contributed by atoms with van der Waals surface area (Å²) in [7, 11) is -10.7. The van der Waals surface area contributed by atoms with Crippen molar-refractivity contribution in [2.45, 2.75) is 206 Å². The van der Waals surface area contributed by atoms with E-state index in [1.807, 2.05) is 88.3 Å². The Morgan fingerprint density at radius 1 is 0.443 bits per heavy atom. The number of hydrogen-bond acceptors (Lipinski definition) is 9. The quantitative estimate of drug-likeness (QED) is 0.0394. The predicted molar refractivity (Wildman–Crippen MR) is 255 cm³/mol. The zero-order valence-corrected chi connectivity index (χ0v) is 41.5. The molecule has 1 atom stereocenters. The van der Waals surface area contributed by atoms with Crippen molar-refractivity contribution >= 4 is 15.9 Å². The highest BCUT2D eigenvalue weighted by atomic mass is 31.3. The van der Waals surface area contributed by atoms with Crippen LogP contribution in [0.1, 0.15) is 215 Å². The third-order valence-corrected chi connectivity index (χ3v) is 17.7. The van der Waals surface area contributed by atoms with Crippen molar-refractivity contribution < 1.29 is 44.7 Å². The lowest BCUT2D eigenvalue weighted by Crippen LogP contribution is -2.42. The van der Waals surface area contributed by atoms with Crippen molar-refractivity contribution in [1.29, 1.82) is 0 Å². The predicted octanol–water partition coefficient (Wildman–Crippen LogP) is 12.8. The van der Waals surface area contributed by atoms with Gasteiger partial charge in [0.25, 0.3) is 0 Å². The maximum Gasteiger partial charge on any atom is 0.458 e. The first-order valence-corrected chi connectivity index (χ1v) is 25.9. The molecule has 0 aliphatic rings. The van der Waals surface area contributed by atoms with Crippen LogP contribution in [0.25, 0.3) is 0 Å². The van der Waals surface area contributed by atoms with Gasteiger partial charge in [0.15, 0.2) is 0 Å². The SMILES string of the molecule is CCCCCCCCCCCCCC(C(CC(c1cc(C(C)(C)C)c(O)cc1C)c1cc(C(C)(C)C)c(O)cc1C)c1cc(C(C)(C)C)c(O)cc1C)([P+](O)(O)O)[P+](O)(O)O. The third kappa shape index (κ3) is 12.9. The van der Waals surface area contributed by atoms with Gasteiger partial charge in [-0.3, -0.25) is 0 Å². The molecule has 344 valence electrons. The van der Waals surface area contributed by atoms with E-state index in [-0.39, 0.29) is 36.5 Å². The molecule has 0 saturated carbocycles. The normalized spacial score (nSPS) is 14.0. The molecule has 0 bridgehead atoms. The van der Waals surface area contributed by atoms with Crippen molar-refractivity contribution in [3.05, 3.63) is 86.5 Å². The van der Waals surface area contributed by atoms with Crippen LogP contribution in [-0.2, 0) is 16.2 Å². The topological polar surface area (TPSA) is 182 Å². The molecular formula is C50H82O9P2+2. The minimum Gasteiger partial charge on any atom is -0.508 e. The Labute approximate surface area is 369 Å². The molecule has 3 aromatic rings. The van der Waals surface area contributed by atoms with Crippen LogP contribution in [-0.4, -0.2) is 49.6 Å². The molecule has 0 fully saturated rings. The second kappa shape index (κ2) is 20.7. The van der Waals surface area contributed by atoms with E-state index in [0.717, 1.165) is 47.9 Å². The van der Waals surface area contributed by atoms with Gasteiger partial charge in [-0.15, -0.1) is 0 Å². The van der Waals surface area contributed by atoms with Gasteiger partial charge in [-0.25, -0.2) is 0 Å². The highest BCUT2D eigenvalue weighted by Crippen LogP contribution is 2.83. The largest absolute Gasteiger partial charge is 0.508 e. The van der Waals surface area contributed by atoms with Crippen LogP contribution in [0.2, 0.25) is 0 Å². The molecule has 0 heterocycles. The van der Waals surface area contributed by atoms with E-state index in [1.54, 1.807) is 31.2 Å². The smallest absolute Gasteiger partial charge is 0.458 e. The summed E-state index contributed by atoms with van der Waals surface area (Å²) in [6, 6.07) is 10.7. The zero-order chi connectivity index (χ0) is 46.5. The Morgan fingerprint density at radius 2 is 0.738 bits per heavy atom. The highest BCUT2D eigenvalue weighted by molar-refractivity contribution is 7.78. The van der Waals surface area contributed by atoms with Gasteiger partial charge in [-0.2, -0.15) is 29.4 Å². The summed E-state index contributed by atoms with van der Waals surface area (Å²) in [4.78, 5) is 68.3. The van der Waals surface area contributed by atoms with Gasteiger partial charge in [0, 0.05) is 12.3 Å². The molecule has 0 spiro atoms. The first-order valence-electron chi connectivity index (χ1n) is 22.6. The van der Waals surface area contributed by atoms with Crippen molar-refractivity contribution in [1.82, 2.24) is 0 Å². The van der Waals surface area contributed by atoms with E-state index in [0.29, 0.717) is 34.2 Å². The average Bonchev–Trinajstić information content (AvgIpc) is 3.08. The number of hydrogen-bond donors (Lipinski definition) is 9. The Bertz CT molecular complexity index is 1820. The molecule has 0 amide bonds. The number of rotatable bonds is 20. The van der Waals surface area contributed by atoms with E-state index in [1.165, 1.54) is 32.1 Å². The minimum absolute atomic E-state index is 0.0181. The summed E-state index contributed by atoms with van der Waals surface area (Å²) in [5.41, 5.74) is 4.22. The van der Waals surface area contributed by atoms with Gasteiger partial charge in [0.05, 0.1) is 5.92 Å². The monoisotopic (exact) mass is 889 g/mol. The van der Waals surface area contributed by atoms with Gasteiger partial charge in [0.1, 0.15) is 17.2 Å². The molecule has 0 radical (unpaired) electrons. The van der Waals surface area contributed by atoms with Crippen LogP contribution in [0.4, 0.5) is 0 Å². The number of unbranched alkanes of at least 4 members (excludes halogenated alkanes) is 10. The maximum absolute atomic E-state index is 11.8. The standard InChI is InChI=1S/C50H80O9P2/c1-14-15-16-17-18-19-20-21-22-23-24-25-50(60(54,55)56,61(57,58)59)40(38-31-43(49(11,12)13)46(53)28-35(38)4)32-39(36-29-41(47(5,6)7)44(51)26-33(36)2)37-30-42(48(8,9)10)45(52)27-34(37)3/h26-31,39-40,54-59H,14-25,32H2,1-13H3,(H-2,51,52,53)/p+2. The van der Waals surface area contributed by atoms with Gasteiger partial charge in [-0.05, 0) is 118 Å². The first-order chi connectivity index (χ1) is 27.9. The lowest BCUT2D eigenvalue weighted by molar-refractivity contribution is 0.230. The lowest BCUT2D eigenvalue weighted by Gasteiger charge is -2.40. The fourth-order valence-electron chi connectivity index (χ4n) is 9.40.